The van der Waals surface area contributed by atoms with Crippen molar-refractivity contribution in [1.82, 2.24) is 0 Å². The molecule has 0 heterocycles. The van der Waals surface area contributed by atoms with Gasteiger partial charge in [0.2, 0.25) is 0 Å². The summed E-state index contributed by atoms with van der Waals surface area (Å²) in [5, 5.41) is -6.00. The van der Waals surface area contributed by atoms with Crippen LogP contribution < -0.4 is 0 Å². The van der Waals surface area contributed by atoms with E-state index in [4.69, 9.17) is 4.74 Å². The predicted octanol–water partition coefficient (Wildman–Crippen LogP) is 3.68. The Labute approximate surface area is 172 Å². The van der Waals surface area contributed by atoms with Gasteiger partial charge in [-0.1, -0.05) is 20.4 Å². The Kier molecular flexibility index (Phi) is 5.82. The van der Waals surface area contributed by atoms with Crippen LogP contribution in [-0.4, -0.2) is 42.5 Å². The molecule has 6 nitrogen and oxygen atoms in total. The average Bonchev–Trinajstić information content (AvgIpc) is 2.60. The van der Waals surface area contributed by atoms with Gasteiger partial charge in [0.05, 0.1) is 12.2 Å². The van der Waals surface area contributed by atoms with E-state index in [0.29, 0.717) is 11.8 Å². The molecule has 0 aromatic heterocycles. The molecule has 4 saturated carbocycles. The first-order valence-corrected chi connectivity index (χ1v) is 11.3. The molecule has 0 aliphatic heterocycles. The van der Waals surface area contributed by atoms with Crippen LogP contribution in [0.15, 0.2) is 12.2 Å². The van der Waals surface area contributed by atoms with E-state index in [2.05, 4.69) is 11.3 Å². The topological polar surface area (TPSA) is 92.7 Å². The molecule has 4 rings (SSSR count). The second-order valence-corrected chi connectivity index (χ2v) is 10.5. The first-order valence-electron chi connectivity index (χ1n) is 9.88. The number of ether oxygens (including phenoxy) is 2. The molecular formula is C19H25F4O6S-. The highest BCUT2D eigenvalue weighted by Crippen LogP contribution is 2.61. The maximum absolute atomic E-state index is 13.5. The first kappa shape index (κ1) is 23.5. The molecule has 0 unspecified atom stereocenters. The molecule has 0 aromatic rings. The van der Waals surface area contributed by atoms with Gasteiger partial charge in [-0.3, -0.25) is 0 Å². The molecule has 4 aliphatic carbocycles. The Morgan fingerprint density at radius 2 is 1.57 bits per heavy atom. The van der Waals surface area contributed by atoms with Crippen LogP contribution in [0, 0.1) is 29.6 Å². The second kappa shape index (κ2) is 7.44. The molecule has 0 atom stereocenters. The normalized spacial score (nSPS) is 33.7. The van der Waals surface area contributed by atoms with Gasteiger partial charge in [0.25, 0.3) is 0 Å². The predicted molar refractivity (Wildman–Crippen MR) is 95.4 cm³/mol. The summed E-state index contributed by atoms with van der Waals surface area (Å²) < 4.78 is 94.0. The lowest BCUT2D eigenvalue weighted by molar-refractivity contribution is -0.315. The number of halogens is 4. The summed E-state index contributed by atoms with van der Waals surface area (Å²) in [6.45, 7) is 5.70. The van der Waals surface area contributed by atoms with Gasteiger partial charge in [-0.25, -0.2) is 13.2 Å². The lowest BCUT2D eigenvalue weighted by Crippen LogP contribution is -2.62. The van der Waals surface area contributed by atoms with Crippen molar-refractivity contribution in [3.05, 3.63) is 12.2 Å². The number of alkyl halides is 4. The number of esters is 1. The zero-order valence-electron chi connectivity index (χ0n) is 16.7. The Balaban J connectivity index is 1.70. The molecule has 4 fully saturated rings. The van der Waals surface area contributed by atoms with Crippen LogP contribution in [0.3, 0.4) is 0 Å². The highest BCUT2D eigenvalue weighted by atomic mass is 32.2. The van der Waals surface area contributed by atoms with Crippen LogP contribution >= 0.6 is 0 Å². The van der Waals surface area contributed by atoms with Crippen LogP contribution in [0.5, 0.6) is 0 Å². The maximum atomic E-state index is 13.5. The fourth-order valence-electron chi connectivity index (χ4n) is 5.85. The van der Waals surface area contributed by atoms with Gasteiger partial charge >= 0.3 is 17.3 Å². The third kappa shape index (κ3) is 3.66. The third-order valence-electron chi connectivity index (χ3n) is 6.96. The molecule has 0 aromatic carbocycles. The van der Waals surface area contributed by atoms with E-state index >= 15 is 0 Å². The minimum atomic E-state index is -6.69. The summed E-state index contributed by atoms with van der Waals surface area (Å²) >= 11 is 0. The highest BCUT2D eigenvalue weighted by Gasteiger charge is 2.64. The Hall–Kier alpha value is -1.20. The summed E-state index contributed by atoms with van der Waals surface area (Å²) in [4.78, 5) is 12.6. The lowest BCUT2D eigenvalue weighted by Gasteiger charge is -2.61. The fourth-order valence-corrected chi connectivity index (χ4v) is 6.20. The molecule has 0 spiro atoms. The van der Waals surface area contributed by atoms with Crippen molar-refractivity contribution in [3.8, 4) is 0 Å². The summed E-state index contributed by atoms with van der Waals surface area (Å²) in [6.07, 6.45) is -0.822. The van der Waals surface area contributed by atoms with Gasteiger partial charge in [-0.2, -0.15) is 17.6 Å². The van der Waals surface area contributed by atoms with E-state index in [0.717, 1.165) is 25.7 Å². The number of carbonyl (C=O) groups is 1. The zero-order valence-corrected chi connectivity index (χ0v) is 17.5. The summed E-state index contributed by atoms with van der Waals surface area (Å²) in [7, 11) is -6.69. The van der Waals surface area contributed by atoms with Crippen molar-refractivity contribution >= 4 is 16.1 Å². The monoisotopic (exact) mass is 457 g/mol. The average molecular weight is 457 g/mol. The Morgan fingerprint density at radius 3 is 1.97 bits per heavy atom. The Morgan fingerprint density at radius 1 is 1.10 bits per heavy atom. The minimum absolute atomic E-state index is 0.0541. The van der Waals surface area contributed by atoms with E-state index in [-0.39, 0.29) is 17.8 Å². The van der Waals surface area contributed by atoms with Crippen LogP contribution in [0.2, 0.25) is 0 Å². The summed E-state index contributed by atoms with van der Waals surface area (Å²) in [6, 6.07) is 0. The molecule has 4 aliphatic rings. The molecular weight excluding hydrogens is 432 g/mol. The fraction of sp³-hybridized carbons (Fsp3) is 0.842. The van der Waals surface area contributed by atoms with E-state index < -0.39 is 45.2 Å². The molecule has 4 bridgehead atoms. The standard InChI is InChI=1S/C19H26F4O6S/c1-10(2)17(14-5-12-4-13(7-14)8-15(17)6-12)29-16(24)11(3)9-28-18(20,21)19(22,23)30(25,26)27/h10,12-15H,3-9H2,1-2H3,(H,25,26,27)/p-1. The van der Waals surface area contributed by atoms with Crippen LogP contribution in [-0.2, 0) is 24.4 Å². The van der Waals surface area contributed by atoms with E-state index in [9.17, 15) is 35.3 Å². The molecule has 172 valence electrons. The van der Waals surface area contributed by atoms with Crippen molar-refractivity contribution in [2.75, 3.05) is 6.61 Å². The lowest BCUT2D eigenvalue weighted by atomic mass is 9.47. The number of rotatable bonds is 8. The van der Waals surface area contributed by atoms with E-state index in [1.54, 1.807) is 0 Å². The van der Waals surface area contributed by atoms with Crippen LogP contribution in [0.4, 0.5) is 17.6 Å². The Bertz CT molecular complexity index is 795. The maximum Gasteiger partial charge on any atom is 0.434 e. The molecule has 0 N–H and O–H groups in total. The SMILES string of the molecule is C=C(COC(F)(F)C(F)(F)S(=O)(=O)[O-])C(=O)OC1(C(C)C)C2CC3CC(C2)CC1C3. The van der Waals surface area contributed by atoms with Gasteiger partial charge in [-0.15, -0.1) is 0 Å². The zero-order chi connectivity index (χ0) is 22.7. The molecule has 30 heavy (non-hydrogen) atoms. The van der Waals surface area contributed by atoms with Crippen molar-refractivity contribution in [2.24, 2.45) is 29.6 Å². The number of carbonyl (C=O) groups excluding carboxylic acids is 1. The quantitative estimate of drug-likeness (QED) is 0.239. The number of hydrogen-bond donors (Lipinski definition) is 0. The third-order valence-corrected chi connectivity index (χ3v) is 7.82. The van der Waals surface area contributed by atoms with Crippen LogP contribution in [0.25, 0.3) is 0 Å². The van der Waals surface area contributed by atoms with E-state index in [1.807, 2.05) is 13.8 Å². The van der Waals surface area contributed by atoms with Gasteiger partial charge in [0.15, 0.2) is 10.1 Å². The van der Waals surface area contributed by atoms with Crippen LogP contribution in [0.1, 0.15) is 46.0 Å². The van der Waals surface area contributed by atoms with Crippen molar-refractivity contribution < 1.29 is 44.8 Å². The molecule has 0 saturated heterocycles. The van der Waals surface area contributed by atoms with Gasteiger partial charge in [0, 0.05) is 0 Å². The largest absolute Gasteiger partial charge is 0.743 e. The molecule has 11 heteroatoms. The van der Waals surface area contributed by atoms with Crippen molar-refractivity contribution in [2.45, 2.75) is 62.9 Å². The van der Waals surface area contributed by atoms with Crippen molar-refractivity contribution in [1.29, 1.82) is 0 Å². The molecule has 0 radical (unpaired) electrons. The summed E-state index contributed by atoms with van der Waals surface area (Å²) in [5.41, 5.74) is -1.46. The van der Waals surface area contributed by atoms with E-state index in [1.165, 1.54) is 6.42 Å². The highest BCUT2D eigenvalue weighted by molar-refractivity contribution is 7.86. The van der Waals surface area contributed by atoms with Gasteiger partial charge in [0.1, 0.15) is 5.60 Å². The van der Waals surface area contributed by atoms with Crippen molar-refractivity contribution in [3.63, 3.8) is 0 Å². The second-order valence-electron chi connectivity index (χ2n) is 9.08. The summed E-state index contributed by atoms with van der Waals surface area (Å²) in [5.74, 6) is 0.312. The minimum Gasteiger partial charge on any atom is -0.743 e. The number of hydrogen-bond acceptors (Lipinski definition) is 6. The molecule has 0 amide bonds. The van der Waals surface area contributed by atoms with Gasteiger partial charge < -0.3 is 14.0 Å². The first-order chi connectivity index (χ1) is 13.6. The van der Waals surface area contributed by atoms with Gasteiger partial charge in [-0.05, 0) is 61.7 Å². The smallest absolute Gasteiger partial charge is 0.434 e.